The lowest BCUT2D eigenvalue weighted by Gasteiger charge is -2.20. The molecular formula is C9H18N2O3. The number of carboxylic acid groups (broad SMARTS) is 1. The number of hydrogen-bond donors (Lipinski definition) is 2. The Morgan fingerprint density at radius 3 is 2.43 bits per heavy atom. The average Bonchev–Trinajstić information content (AvgIpc) is 2.17. The summed E-state index contributed by atoms with van der Waals surface area (Å²) >= 11 is 0. The van der Waals surface area contributed by atoms with Gasteiger partial charge in [-0.1, -0.05) is 13.8 Å². The summed E-state index contributed by atoms with van der Waals surface area (Å²) in [5.41, 5.74) is 0. The van der Waals surface area contributed by atoms with E-state index in [1.165, 1.54) is 0 Å². The summed E-state index contributed by atoms with van der Waals surface area (Å²) in [6, 6.07) is -0.770. The fraction of sp³-hybridized carbons (Fsp3) is 0.778. The van der Waals surface area contributed by atoms with E-state index in [4.69, 9.17) is 5.11 Å². The molecule has 0 aliphatic carbocycles. The molecule has 0 aliphatic rings. The van der Waals surface area contributed by atoms with Gasteiger partial charge in [0.05, 0.1) is 0 Å². The molecule has 0 rings (SSSR count). The quantitative estimate of drug-likeness (QED) is 0.540. The molecule has 0 aliphatic heterocycles. The molecule has 1 atom stereocenters. The van der Waals surface area contributed by atoms with Crippen molar-refractivity contribution in [2.45, 2.75) is 26.3 Å². The van der Waals surface area contributed by atoms with Crippen molar-refractivity contribution < 1.29 is 14.7 Å². The molecule has 0 aromatic heterocycles. The highest BCUT2D eigenvalue weighted by Gasteiger charge is 2.16. The van der Waals surface area contributed by atoms with Crippen LogP contribution in [0, 0.1) is 0 Å². The molecule has 14 heavy (non-hydrogen) atoms. The fourth-order valence-electron chi connectivity index (χ4n) is 1.21. The molecule has 82 valence electrons. The molecule has 1 unspecified atom stereocenters. The van der Waals surface area contributed by atoms with E-state index in [1.807, 2.05) is 13.8 Å². The van der Waals surface area contributed by atoms with Crippen LogP contribution in [0.15, 0.2) is 0 Å². The first-order valence-electron chi connectivity index (χ1n) is 4.80. The van der Waals surface area contributed by atoms with Crippen LogP contribution in [0.5, 0.6) is 0 Å². The molecule has 0 fully saturated rings. The zero-order chi connectivity index (χ0) is 11.0. The van der Waals surface area contributed by atoms with Crippen molar-refractivity contribution in [3.63, 3.8) is 0 Å². The molecule has 2 N–H and O–H groups in total. The Balaban J connectivity index is 3.91. The highest BCUT2D eigenvalue weighted by Crippen LogP contribution is 1.96. The monoisotopic (exact) mass is 202 g/mol. The maximum atomic E-state index is 10.6. The number of nitrogens with zero attached hydrogens (tertiary/aromatic N) is 1. The Morgan fingerprint density at radius 1 is 1.50 bits per heavy atom. The Bertz CT molecular complexity index is 181. The second-order valence-electron chi connectivity index (χ2n) is 2.99. The van der Waals surface area contributed by atoms with Crippen molar-refractivity contribution in [3.8, 4) is 0 Å². The van der Waals surface area contributed by atoms with Gasteiger partial charge in [0.2, 0.25) is 6.41 Å². The van der Waals surface area contributed by atoms with Gasteiger partial charge >= 0.3 is 5.97 Å². The molecule has 1 amide bonds. The van der Waals surface area contributed by atoms with E-state index in [-0.39, 0.29) is 0 Å². The van der Waals surface area contributed by atoms with Crippen molar-refractivity contribution >= 4 is 12.4 Å². The van der Waals surface area contributed by atoms with Crippen LogP contribution < -0.4 is 5.32 Å². The molecule has 0 spiro atoms. The van der Waals surface area contributed by atoms with Gasteiger partial charge in [-0.3, -0.25) is 4.79 Å². The van der Waals surface area contributed by atoms with Crippen LogP contribution in [0.1, 0.15) is 20.3 Å². The standard InChI is InChI=1S/C9H18N2O3/c1-3-11(4-2)6-5-8(9(13)14)10-7-12/h7-8H,3-6H2,1-2H3,(H,10,12)(H,13,14). The van der Waals surface area contributed by atoms with E-state index in [0.717, 1.165) is 13.1 Å². The number of rotatable bonds is 8. The average molecular weight is 202 g/mol. The summed E-state index contributed by atoms with van der Waals surface area (Å²) in [5, 5.41) is 11.0. The SMILES string of the molecule is CCN(CC)CCC(NC=O)C(=O)O. The smallest absolute Gasteiger partial charge is 0.326 e. The Labute approximate surface area is 84.1 Å². The molecule has 0 saturated carbocycles. The van der Waals surface area contributed by atoms with Crippen molar-refractivity contribution in [2.75, 3.05) is 19.6 Å². The van der Waals surface area contributed by atoms with Crippen molar-refractivity contribution in [1.29, 1.82) is 0 Å². The lowest BCUT2D eigenvalue weighted by molar-refractivity contribution is -0.140. The van der Waals surface area contributed by atoms with Crippen LogP contribution in [-0.4, -0.2) is 48.1 Å². The number of hydrogen-bond acceptors (Lipinski definition) is 3. The highest BCUT2D eigenvalue weighted by molar-refractivity contribution is 5.76. The number of carboxylic acids is 1. The van der Waals surface area contributed by atoms with E-state index >= 15 is 0 Å². The zero-order valence-electron chi connectivity index (χ0n) is 8.69. The van der Waals surface area contributed by atoms with E-state index < -0.39 is 12.0 Å². The number of amides is 1. The maximum Gasteiger partial charge on any atom is 0.326 e. The molecule has 0 heterocycles. The predicted molar refractivity (Wildman–Crippen MR) is 53.0 cm³/mol. The first-order valence-corrected chi connectivity index (χ1v) is 4.80. The third-order valence-electron chi connectivity index (χ3n) is 2.20. The lowest BCUT2D eigenvalue weighted by Crippen LogP contribution is -2.39. The Kier molecular flexibility index (Phi) is 6.74. The summed E-state index contributed by atoms with van der Waals surface area (Å²) in [7, 11) is 0. The largest absolute Gasteiger partial charge is 0.480 e. The van der Waals surface area contributed by atoms with E-state index in [0.29, 0.717) is 19.4 Å². The molecular weight excluding hydrogens is 184 g/mol. The van der Waals surface area contributed by atoms with Gasteiger partial charge in [0.25, 0.3) is 0 Å². The first kappa shape index (κ1) is 12.9. The number of aliphatic carboxylic acids is 1. The van der Waals surface area contributed by atoms with Crippen LogP contribution in [0.3, 0.4) is 0 Å². The summed E-state index contributed by atoms with van der Waals surface area (Å²) in [6.07, 6.45) is 0.872. The third-order valence-corrected chi connectivity index (χ3v) is 2.20. The van der Waals surface area contributed by atoms with Gasteiger partial charge in [0.15, 0.2) is 0 Å². The predicted octanol–water partition coefficient (Wildman–Crippen LogP) is -0.0825. The summed E-state index contributed by atoms with van der Waals surface area (Å²) in [5.74, 6) is -0.982. The van der Waals surface area contributed by atoms with Crippen LogP contribution in [0.4, 0.5) is 0 Å². The van der Waals surface area contributed by atoms with Crippen molar-refractivity contribution in [1.82, 2.24) is 10.2 Å². The van der Waals surface area contributed by atoms with Gasteiger partial charge in [-0.2, -0.15) is 0 Å². The van der Waals surface area contributed by atoms with E-state index in [1.54, 1.807) is 0 Å². The minimum atomic E-state index is -0.982. The second kappa shape index (κ2) is 7.32. The zero-order valence-corrected chi connectivity index (χ0v) is 8.69. The van der Waals surface area contributed by atoms with Crippen molar-refractivity contribution in [2.24, 2.45) is 0 Å². The first-order chi connectivity index (χ1) is 6.65. The summed E-state index contributed by atoms with van der Waals surface area (Å²) in [6.45, 7) is 6.51. The minimum Gasteiger partial charge on any atom is -0.480 e. The van der Waals surface area contributed by atoms with Crippen LogP contribution in [0.2, 0.25) is 0 Å². The summed E-state index contributed by atoms with van der Waals surface area (Å²) < 4.78 is 0. The molecule has 0 aromatic carbocycles. The van der Waals surface area contributed by atoms with Crippen LogP contribution in [0.25, 0.3) is 0 Å². The summed E-state index contributed by atoms with van der Waals surface area (Å²) in [4.78, 5) is 22.9. The molecule has 0 radical (unpaired) electrons. The van der Waals surface area contributed by atoms with Crippen LogP contribution >= 0.6 is 0 Å². The lowest BCUT2D eigenvalue weighted by atomic mass is 10.2. The van der Waals surface area contributed by atoms with Gasteiger partial charge < -0.3 is 15.3 Å². The van der Waals surface area contributed by atoms with Gasteiger partial charge in [-0.25, -0.2) is 4.79 Å². The van der Waals surface area contributed by atoms with E-state index in [9.17, 15) is 9.59 Å². The van der Waals surface area contributed by atoms with Crippen molar-refractivity contribution in [3.05, 3.63) is 0 Å². The second-order valence-corrected chi connectivity index (χ2v) is 2.99. The van der Waals surface area contributed by atoms with Gasteiger partial charge in [0, 0.05) is 6.54 Å². The number of carbonyl (C=O) groups is 2. The molecule has 0 saturated heterocycles. The third kappa shape index (κ3) is 4.81. The molecule has 0 aromatic rings. The van der Waals surface area contributed by atoms with Gasteiger partial charge in [-0.05, 0) is 19.5 Å². The number of nitrogens with one attached hydrogen (secondary N) is 1. The minimum absolute atomic E-state index is 0.432. The van der Waals surface area contributed by atoms with Crippen LogP contribution in [-0.2, 0) is 9.59 Å². The highest BCUT2D eigenvalue weighted by atomic mass is 16.4. The normalized spacial score (nSPS) is 12.5. The number of carbonyl (C=O) groups excluding carboxylic acids is 1. The fourth-order valence-corrected chi connectivity index (χ4v) is 1.21. The van der Waals surface area contributed by atoms with Gasteiger partial charge in [-0.15, -0.1) is 0 Å². The Morgan fingerprint density at radius 2 is 2.07 bits per heavy atom. The molecule has 0 bridgehead atoms. The molecule has 5 nitrogen and oxygen atoms in total. The maximum absolute atomic E-state index is 10.6. The topological polar surface area (TPSA) is 69.6 Å². The Hall–Kier alpha value is -1.10. The van der Waals surface area contributed by atoms with E-state index in [2.05, 4.69) is 10.2 Å². The van der Waals surface area contributed by atoms with Gasteiger partial charge in [0.1, 0.15) is 6.04 Å². The molecule has 5 heteroatoms.